The molecule has 12 nitrogen and oxygen atoms in total. The maximum Gasteiger partial charge on any atom is 0.414 e. The average Bonchev–Trinajstić information content (AvgIpc) is 3.69. The number of hydrogen-bond donors (Lipinski definition) is 2. The Labute approximate surface area is 276 Å². The number of rotatable bonds is 13. The number of hydrogen-bond acceptors (Lipinski definition) is 11. The second kappa shape index (κ2) is 19.6. The molecular weight excluding hydrogens is 608 g/mol. The highest BCUT2D eigenvalue weighted by Crippen LogP contribution is 2.36. The third-order valence-electron chi connectivity index (χ3n) is 7.60. The number of nitrogens with one attached hydrogen (secondary N) is 1. The van der Waals surface area contributed by atoms with Gasteiger partial charge in [0.1, 0.15) is 23.7 Å². The Balaban J connectivity index is 1.70. The highest BCUT2D eigenvalue weighted by Gasteiger charge is 2.51. The number of carbonyl (C=O) groups excluding carboxylic acids is 4. The second-order valence-electron chi connectivity index (χ2n) is 11.8. The summed E-state index contributed by atoms with van der Waals surface area (Å²) in [5, 5.41) is 12.9. The number of unbranched alkanes of at least 4 members (excludes halogenated alkanes) is 4. The van der Waals surface area contributed by atoms with Gasteiger partial charge in [-0.25, -0.2) is 14.6 Å². The fraction of sp³-hybridized carbons (Fsp3) is 0.571. The van der Waals surface area contributed by atoms with Crippen LogP contribution in [0.3, 0.4) is 0 Å². The number of allylic oxidation sites excluding steroid dienone is 3. The molecule has 258 valence electrons. The van der Waals surface area contributed by atoms with Crippen LogP contribution in [0.2, 0.25) is 0 Å². The summed E-state index contributed by atoms with van der Waals surface area (Å²) in [6.45, 7) is 7.22. The standard InChI is InChI=1S/C35H48N2O10/c1-5-6-7-8-9-16-31(40)43-20-13-12-14-26(39)22-29-34(47-35(42)36-25(4)38)33-28(46-33)19-18-23(2)21-30-37-27(24(3)44-30)15-10-11-17-32(41)45-29/h10-12,14-15,17,21,26,28-29,33-34,39H,5-9,13,16,18-20,22H2,1-4H3,(H,36,38,42)/b14-12+,15-10+,17-11-,23-21-. The first kappa shape index (κ1) is 37.4. The van der Waals surface area contributed by atoms with Crippen molar-refractivity contribution in [2.45, 2.75) is 122 Å². The molecule has 2 aliphatic heterocycles. The Bertz CT molecular complexity index is 1330. The number of alkyl carbamates (subject to hydrolysis) is 1. The zero-order valence-electron chi connectivity index (χ0n) is 27.8. The van der Waals surface area contributed by atoms with Gasteiger partial charge in [0.25, 0.3) is 0 Å². The molecule has 0 saturated carbocycles. The lowest BCUT2D eigenvalue weighted by Gasteiger charge is -2.27. The van der Waals surface area contributed by atoms with Crippen LogP contribution in [0.25, 0.3) is 12.2 Å². The molecule has 2 amide bonds. The molecule has 0 radical (unpaired) electrons. The Hall–Kier alpha value is -4.03. The van der Waals surface area contributed by atoms with Crippen LogP contribution < -0.4 is 5.32 Å². The van der Waals surface area contributed by atoms with E-state index in [0.29, 0.717) is 43.0 Å². The van der Waals surface area contributed by atoms with E-state index in [1.165, 1.54) is 25.2 Å². The van der Waals surface area contributed by atoms with Gasteiger partial charge in [-0.1, -0.05) is 62.5 Å². The number of aliphatic hydroxyl groups excluding tert-OH is 1. The van der Waals surface area contributed by atoms with Crippen LogP contribution in [0.1, 0.15) is 102 Å². The predicted molar refractivity (Wildman–Crippen MR) is 174 cm³/mol. The summed E-state index contributed by atoms with van der Waals surface area (Å²) in [7, 11) is 0. The normalized spacial score (nSPS) is 24.5. The third kappa shape index (κ3) is 14.1. The molecule has 0 aliphatic carbocycles. The van der Waals surface area contributed by atoms with Crippen LogP contribution in [0.15, 0.2) is 40.4 Å². The van der Waals surface area contributed by atoms with Gasteiger partial charge >= 0.3 is 18.0 Å². The Kier molecular flexibility index (Phi) is 15.6. The van der Waals surface area contributed by atoms with E-state index in [1.807, 2.05) is 13.0 Å². The van der Waals surface area contributed by atoms with E-state index in [-0.39, 0.29) is 25.1 Å². The van der Waals surface area contributed by atoms with Gasteiger partial charge in [0.15, 0.2) is 6.10 Å². The van der Waals surface area contributed by atoms with Crippen LogP contribution in [0.5, 0.6) is 0 Å². The number of aromatic nitrogens is 1. The first-order chi connectivity index (χ1) is 22.5. The smallest absolute Gasteiger partial charge is 0.414 e. The van der Waals surface area contributed by atoms with Gasteiger partial charge in [0.05, 0.1) is 18.8 Å². The van der Waals surface area contributed by atoms with Gasteiger partial charge in [-0.05, 0) is 51.7 Å². The molecule has 2 aliphatic rings. The number of cyclic esters (lactones) is 1. The molecule has 0 aromatic carbocycles. The first-order valence-electron chi connectivity index (χ1n) is 16.4. The zero-order chi connectivity index (χ0) is 34.2. The molecular formula is C35H48N2O10. The minimum Gasteiger partial charge on any atom is -0.465 e. The van der Waals surface area contributed by atoms with Crippen LogP contribution in [0.4, 0.5) is 4.79 Å². The Morgan fingerprint density at radius 3 is 2.68 bits per heavy atom. The number of epoxide rings is 1. The predicted octanol–water partition coefficient (Wildman–Crippen LogP) is 5.67. The highest BCUT2D eigenvalue weighted by atomic mass is 16.7. The van der Waals surface area contributed by atoms with Crippen LogP contribution in [-0.4, -0.2) is 71.2 Å². The largest absolute Gasteiger partial charge is 0.465 e. The molecule has 2 N–H and O–H groups in total. The topological polar surface area (TPSA) is 167 Å². The number of ether oxygens (including phenoxy) is 4. The van der Waals surface area contributed by atoms with Crippen molar-refractivity contribution in [3.05, 3.63) is 53.3 Å². The summed E-state index contributed by atoms with van der Waals surface area (Å²) >= 11 is 0. The van der Waals surface area contributed by atoms with Crippen LogP contribution >= 0.6 is 0 Å². The van der Waals surface area contributed by atoms with Crippen molar-refractivity contribution >= 4 is 36.1 Å². The molecule has 47 heavy (non-hydrogen) atoms. The van der Waals surface area contributed by atoms with Gasteiger partial charge < -0.3 is 28.5 Å². The quantitative estimate of drug-likeness (QED) is 0.0883. The molecule has 12 heteroatoms. The SMILES string of the molecule is CCCCCCCC(=O)OCC/C=C/C(O)CC1OC(=O)/C=C\C=C\c2nc(oc2C)/C=C(/C)CCC2OC2C1OC(=O)NC(C)=O. The van der Waals surface area contributed by atoms with E-state index in [4.69, 9.17) is 23.4 Å². The number of aryl methyl sites for hydroxylation is 1. The number of esters is 2. The molecule has 2 bridgehead atoms. The average molecular weight is 657 g/mol. The molecule has 1 fully saturated rings. The van der Waals surface area contributed by atoms with Crippen molar-refractivity contribution in [3.63, 3.8) is 0 Å². The Morgan fingerprint density at radius 2 is 1.91 bits per heavy atom. The number of aliphatic hydroxyl groups is 1. The van der Waals surface area contributed by atoms with Gasteiger partial charge in [-0.3, -0.25) is 14.9 Å². The summed E-state index contributed by atoms with van der Waals surface area (Å²) in [5.41, 5.74) is 1.61. The van der Waals surface area contributed by atoms with Crippen molar-refractivity contribution in [1.82, 2.24) is 10.3 Å². The van der Waals surface area contributed by atoms with Crippen LogP contribution in [-0.2, 0) is 33.3 Å². The van der Waals surface area contributed by atoms with Crippen molar-refractivity contribution in [2.24, 2.45) is 0 Å². The third-order valence-corrected chi connectivity index (χ3v) is 7.60. The second-order valence-corrected chi connectivity index (χ2v) is 11.8. The fourth-order valence-electron chi connectivity index (χ4n) is 5.10. The van der Waals surface area contributed by atoms with E-state index >= 15 is 0 Å². The van der Waals surface area contributed by atoms with Crippen molar-refractivity contribution in [2.75, 3.05) is 6.61 Å². The number of oxazole rings is 1. The maximum absolute atomic E-state index is 12.9. The molecule has 3 heterocycles. The monoisotopic (exact) mass is 656 g/mol. The lowest BCUT2D eigenvalue weighted by molar-refractivity contribution is -0.152. The molecule has 3 rings (SSSR count). The number of carbonyl (C=O) groups is 4. The molecule has 0 spiro atoms. The summed E-state index contributed by atoms with van der Waals surface area (Å²) in [4.78, 5) is 53.4. The highest BCUT2D eigenvalue weighted by molar-refractivity contribution is 5.90. The van der Waals surface area contributed by atoms with Gasteiger partial charge in [-0.15, -0.1) is 0 Å². The molecule has 5 atom stereocenters. The summed E-state index contributed by atoms with van der Waals surface area (Å²) in [6, 6.07) is 0. The number of nitrogens with zero attached hydrogens (tertiary/aromatic N) is 1. The van der Waals surface area contributed by atoms with Gasteiger partial charge in [0, 0.05) is 25.8 Å². The minimum atomic E-state index is -1.12. The van der Waals surface area contributed by atoms with Gasteiger partial charge in [0.2, 0.25) is 11.8 Å². The van der Waals surface area contributed by atoms with Crippen molar-refractivity contribution < 1.29 is 47.6 Å². The number of imide groups is 1. The number of amides is 2. The summed E-state index contributed by atoms with van der Waals surface area (Å²) < 4.78 is 28.2. The maximum atomic E-state index is 12.9. The van der Waals surface area contributed by atoms with Gasteiger partial charge in [-0.2, -0.15) is 0 Å². The van der Waals surface area contributed by atoms with Crippen molar-refractivity contribution in [1.29, 1.82) is 0 Å². The van der Waals surface area contributed by atoms with E-state index in [0.717, 1.165) is 37.7 Å². The summed E-state index contributed by atoms with van der Waals surface area (Å²) in [6.07, 6.45) is 12.7. The Morgan fingerprint density at radius 1 is 1.15 bits per heavy atom. The van der Waals surface area contributed by atoms with E-state index in [2.05, 4.69) is 17.2 Å². The van der Waals surface area contributed by atoms with Crippen LogP contribution in [0, 0.1) is 6.92 Å². The molecule has 1 saturated heterocycles. The minimum absolute atomic E-state index is 0.131. The van der Waals surface area contributed by atoms with E-state index in [9.17, 15) is 24.3 Å². The zero-order valence-corrected chi connectivity index (χ0v) is 27.8. The lowest BCUT2D eigenvalue weighted by Crippen LogP contribution is -2.44. The molecule has 1 aromatic rings. The number of fused-ring (bicyclic) bond motifs is 3. The van der Waals surface area contributed by atoms with E-state index < -0.39 is 42.4 Å². The first-order valence-corrected chi connectivity index (χ1v) is 16.4. The summed E-state index contributed by atoms with van der Waals surface area (Å²) in [5.74, 6) is -0.525. The molecule has 5 unspecified atom stereocenters. The fourth-order valence-corrected chi connectivity index (χ4v) is 5.10. The lowest BCUT2D eigenvalue weighted by atomic mass is 9.99. The van der Waals surface area contributed by atoms with Crippen molar-refractivity contribution in [3.8, 4) is 0 Å². The molecule has 1 aromatic heterocycles. The van der Waals surface area contributed by atoms with E-state index in [1.54, 1.807) is 25.2 Å².